The molecule has 9 unspecified atom stereocenters. The van der Waals surface area contributed by atoms with E-state index >= 15 is 4.79 Å². The summed E-state index contributed by atoms with van der Waals surface area (Å²) >= 11 is 0. The number of esters is 1. The number of ether oxygens (including phenoxy) is 3. The van der Waals surface area contributed by atoms with Crippen LogP contribution < -0.4 is 5.43 Å². The maximum Gasteiger partial charge on any atom is 0.303 e. The Labute approximate surface area is 322 Å². The molecule has 3 aromatic rings. The fourth-order valence-corrected chi connectivity index (χ4v) is 8.77. The van der Waals surface area contributed by atoms with Crippen LogP contribution in [-0.4, -0.2) is 102 Å². The van der Waals surface area contributed by atoms with E-state index in [0.29, 0.717) is 23.3 Å². The van der Waals surface area contributed by atoms with Crippen molar-refractivity contribution in [1.29, 1.82) is 0 Å². The lowest BCUT2D eigenvalue weighted by Gasteiger charge is -2.50. The van der Waals surface area contributed by atoms with Crippen LogP contribution in [0.3, 0.4) is 0 Å². The van der Waals surface area contributed by atoms with Gasteiger partial charge in [0.2, 0.25) is 5.78 Å². The molecule has 0 spiro atoms. The van der Waals surface area contributed by atoms with Crippen molar-refractivity contribution in [2.45, 2.75) is 122 Å². The second-order valence-electron chi connectivity index (χ2n) is 16.3. The highest BCUT2D eigenvalue weighted by Crippen LogP contribution is 2.50. The number of carbonyl (C=O) groups is 3. The highest BCUT2D eigenvalue weighted by atomic mass is 16.6. The van der Waals surface area contributed by atoms with E-state index in [1.165, 1.54) is 13.0 Å². The summed E-state index contributed by atoms with van der Waals surface area (Å²) in [7, 11) is 7.47. The fourth-order valence-electron chi connectivity index (χ4n) is 8.77. The van der Waals surface area contributed by atoms with Crippen LogP contribution in [0.4, 0.5) is 0 Å². The van der Waals surface area contributed by atoms with Gasteiger partial charge in [-0.05, 0) is 105 Å². The van der Waals surface area contributed by atoms with Crippen molar-refractivity contribution in [2.75, 3.05) is 28.2 Å². The van der Waals surface area contributed by atoms with Crippen molar-refractivity contribution in [3.8, 4) is 5.75 Å². The van der Waals surface area contributed by atoms with E-state index < -0.39 is 65.4 Å². The van der Waals surface area contributed by atoms with Gasteiger partial charge in [0.25, 0.3) is 0 Å². The van der Waals surface area contributed by atoms with Gasteiger partial charge < -0.3 is 38.6 Å². The summed E-state index contributed by atoms with van der Waals surface area (Å²) in [5.74, 6) is -1.88. The second-order valence-corrected chi connectivity index (χ2v) is 16.3. The normalized spacial score (nSPS) is 28.9. The Morgan fingerprint density at radius 3 is 2.29 bits per heavy atom. The predicted molar refractivity (Wildman–Crippen MR) is 207 cm³/mol. The van der Waals surface area contributed by atoms with Crippen molar-refractivity contribution < 1.29 is 43.2 Å². The molecule has 55 heavy (non-hydrogen) atoms. The Kier molecular flexibility index (Phi) is 11.1. The monoisotopic (exact) mass is 758 g/mol. The highest BCUT2D eigenvalue weighted by Gasteiger charge is 2.51. The number of fused-ring (bicyclic) bond motifs is 4. The number of ketones is 2. The molecule has 3 aliphatic rings. The first-order valence-corrected chi connectivity index (χ1v) is 19.0. The molecule has 12 nitrogen and oxygen atoms in total. The number of phenolic OH excluding ortho intramolecular Hbond substituents is 1. The smallest absolute Gasteiger partial charge is 0.303 e. The SMILES string of the molecule is CC=CCC(C)c1cc(=O)c2c(C)cc3c(c2o1)C(=O)c1c(O)c(C2CC(C)(N(C)C)C(OC(C)=O)C(C)O2)cc(C2CC(N(C)C)C(O)C(C)O2)c1C3=O. The zero-order valence-corrected chi connectivity index (χ0v) is 33.7. The largest absolute Gasteiger partial charge is 0.507 e. The minimum atomic E-state index is -0.820. The first-order valence-electron chi connectivity index (χ1n) is 19.0. The summed E-state index contributed by atoms with van der Waals surface area (Å²) in [5.41, 5.74) is -0.203. The number of nitrogens with zero attached hydrogens (tertiary/aromatic N) is 2. The van der Waals surface area contributed by atoms with Crippen LogP contribution in [0.5, 0.6) is 5.75 Å². The molecule has 12 heteroatoms. The van der Waals surface area contributed by atoms with Crippen LogP contribution in [0.15, 0.2) is 39.6 Å². The van der Waals surface area contributed by atoms with Gasteiger partial charge in [-0.2, -0.15) is 0 Å². The van der Waals surface area contributed by atoms with Gasteiger partial charge in [-0.1, -0.05) is 19.1 Å². The number of aliphatic hydroxyl groups is 1. The Hall–Kier alpha value is -4.20. The van der Waals surface area contributed by atoms with E-state index in [2.05, 4.69) is 0 Å². The molecule has 2 aromatic carbocycles. The van der Waals surface area contributed by atoms with E-state index in [0.717, 1.165) is 0 Å². The van der Waals surface area contributed by atoms with E-state index in [9.17, 15) is 24.6 Å². The average molecular weight is 759 g/mol. The van der Waals surface area contributed by atoms with Crippen molar-refractivity contribution >= 4 is 28.5 Å². The molecule has 6 rings (SSSR count). The number of aryl methyl sites for hydroxylation is 1. The number of likely N-dealkylation sites (N-methyl/N-ethyl adjacent to an activating group) is 2. The highest BCUT2D eigenvalue weighted by molar-refractivity contribution is 6.33. The summed E-state index contributed by atoms with van der Waals surface area (Å²) in [6.45, 7) is 12.4. The zero-order valence-electron chi connectivity index (χ0n) is 33.7. The van der Waals surface area contributed by atoms with Crippen LogP contribution in [-0.2, 0) is 19.0 Å². The standard InChI is InChI=1S/C43H54N2O10/c1-12-13-14-20(2)30-18-29(47)33-21(3)15-27-35(41(33)55-30)40(51)36-34(39(27)50)25(31-17-28(44(8)9)37(48)22(4)52-31)16-26(38(36)49)32-19-43(7,45(10)11)42(23(5)53-32)54-24(6)46/h12-13,15-16,18,20,22-23,28,31-32,37,42,48-49H,14,17,19H2,1-11H3. The predicted octanol–water partition coefficient (Wildman–Crippen LogP) is 5.90. The molecule has 1 aliphatic carbocycles. The number of aromatic hydroxyl groups is 1. The molecule has 2 fully saturated rings. The number of benzene rings is 2. The molecule has 2 N–H and O–H groups in total. The minimum Gasteiger partial charge on any atom is -0.507 e. The Balaban J connectivity index is 1.61. The molecular formula is C43H54N2O10. The molecule has 2 aliphatic heterocycles. The molecule has 0 radical (unpaired) electrons. The van der Waals surface area contributed by atoms with Gasteiger partial charge in [0.1, 0.15) is 23.2 Å². The lowest BCUT2D eigenvalue weighted by Crippen LogP contribution is -2.61. The number of carbonyl (C=O) groups excluding carboxylic acids is 3. The van der Waals surface area contributed by atoms with E-state index in [-0.39, 0.29) is 69.0 Å². The maximum atomic E-state index is 15.1. The Bertz CT molecular complexity index is 2140. The first kappa shape index (κ1) is 40.5. The molecule has 1 aromatic heterocycles. The van der Waals surface area contributed by atoms with Gasteiger partial charge >= 0.3 is 5.97 Å². The van der Waals surface area contributed by atoms with Crippen LogP contribution >= 0.6 is 0 Å². The number of phenols is 1. The first-order chi connectivity index (χ1) is 25.8. The van der Waals surface area contributed by atoms with Gasteiger partial charge in [0.15, 0.2) is 11.2 Å². The Morgan fingerprint density at radius 1 is 1.00 bits per heavy atom. The van der Waals surface area contributed by atoms with E-state index in [1.54, 1.807) is 32.9 Å². The molecule has 0 amide bonds. The molecule has 2 saturated heterocycles. The number of allylic oxidation sites excluding steroid dienone is 2. The summed E-state index contributed by atoms with van der Waals surface area (Å²) in [4.78, 5) is 59.8. The molecule has 0 saturated carbocycles. The summed E-state index contributed by atoms with van der Waals surface area (Å²) in [6, 6.07) is 4.34. The fraction of sp³-hybridized carbons (Fsp3) is 0.535. The van der Waals surface area contributed by atoms with E-state index in [4.69, 9.17) is 18.6 Å². The summed E-state index contributed by atoms with van der Waals surface area (Å²) < 4.78 is 25.2. The molecule has 3 heterocycles. The number of aliphatic hydroxyl groups excluding tert-OH is 1. The van der Waals surface area contributed by atoms with Crippen LogP contribution in [0.1, 0.15) is 133 Å². The number of hydrogen-bond acceptors (Lipinski definition) is 12. The third-order valence-corrected chi connectivity index (χ3v) is 12.1. The minimum absolute atomic E-state index is 0.000525. The van der Waals surface area contributed by atoms with Gasteiger partial charge in [-0.15, -0.1) is 0 Å². The lowest BCUT2D eigenvalue weighted by molar-refractivity contribution is -0.201. The van der Waals surface area contributed by atoms with Crippen LogP contribution in [0.25, 0.3) is 11.0 Å². The van der Waals surface area contributed by atoms with E-state index in [1.807, 2.05) is 70.9 Å². The number of rotatable bonds is 8. The van der Waals surface area contributed by atoms with Crippen LogP contribution in [0.2, 0.25) is 0 Å². The van der Waals surface area contributed by atoms with Crippen molar-refractivity contribution in [3.05, 3.63) is 85.3 Å². The molecule has 9 atom stereocenters. The third kappa shape index (κ3) is 6.86. The van der Waals surface area contributed by atoms with Gasteiger partial charge in [0.05, 0.1) is 52.6 Å². The van der Waals surface area contributed by atoms with Crippen molar-refractivity contribution in [1.82, 2.24) is 9.80 Å². The Morgan fingerprint density at radius 2 is 1.67 bits per heavy atom. The molecule has 0 bridgehead atoms. The second kappa shape index (κ2) is 15.0. The van der Waals surface area contributed by atoms with Crippen LogP contribution in [0, 0.1) is 6.92 Å². The summed E-state index contributed by atoms with van der Waals surface area (Å²) in [5, 5.41) is 23.6. The van der Waals surface area contributed by atoms with Gasteiger partial charge in [0, 0.05) is 41.6 Å². The van der Waals surface area contributed by atoms with Crippen molar-refractivity contribution in [2.24, 2.45) is 0 Å². The zero-order chi connectivity index (χ0) is 40.4. The molecular weight excluding hydrogens is 704 g/mol. The topological polar surface area (TPSA) is 156 Å². The maximum absolute atomic E-state index is 15.1. The average Bonchev–Trinajstić information content (AvgIpc) is 3.11. The quantitative estimate of drug-likeness (QED) is 0.163. The van der Waals surface area contributed by atoms with Gasteiger partial charge in [-0.25, -0.2) is 0 Å². The third-order valence-electron chi connectivity index (χ3n) is 12.1. The molecule has 296 valence electrons. The lowest BCUT2D eigenvalue weighted by atomic mass is 9.74. The van der Waals surface area contributed by atoms with Crippen molar-refractivity contribution in [3.63, 3.8) is 0 Å². The van der Waals surface area contributed by atoms with Gasteiger partial charge in [-0.3, -0.25) is 19.2 Å². The number of hydrogen-bond donors (Lipinski definition) is 2. The summed E-state index contributed by atoms with van der Waals surface area (Å²) in [6.07, 6.45) is 0.692.